The first-order valence-corrected chi connectivity index (χ1v) is 7.10. The van der Waals surface area contributed by atoms with Gasteiger partial charge < -0.3 is 10.4 Å². The van der Waals surface area contributed by atoms with E-state index in [1.165, 1.54) is 0 Å². The minimum Gasteiger partial charge on any atom is -0.508 e. The fourth-order valence-electron chi connectivity index (χ4n) is 2.21. The molecule has 2 aromatic carbocycles. The maximum atomic E-state index is 9.34. The largest absolute Gasteiger partial charge is 0.508 e. The van der Waals surface area contributed by atoms with Crippen LogP contribution in [0.3, 0.4) is 0 Å². The molecule has 0 saturated heterocycles. The van der Waals surface area contributed by atoms with E-state index in [0.29, 0.717) is 0 Å². The van der Waals surface area contributed by atoms with Crippen molar-refractivity contribution < 1.29 is 10.1 Å². The van der Waals surface area contributed by atoms with Gasteiger partial charge in [0.25, 0.3) is 0 Å². The Hall–Kier alpha value is -2.07. The molecular weight excluding hydrogens is 316 g/mol. The van der Waals surface area contributed by atoms with E-state index >= 15 is 0 Å². The Morgan fingerprint density at radius 2 is 1.85 bits per heavy atom. The Balaban J connectivity index is 2.11. The molecule has 0 spiro atoms. The van der Waals surface area contributed by atoms with Gasteiger partial charge in [-0.05, 0) is 52.3 Å². The van der Waals surface area contributed by atoms with Crippen LogP contribution in [0.1, 0.15) is 5.69 Å². The van der Waals surface area contributed by atoms with Crippen LogP contribution in [0.4, 0.5) is 11.4 Å². The van der Waals surface area contributed by atoms with Crippen LogP contribution < -0.4 is 10.3 Å². The smallest absolute Gasteiger partial charge is 0.227 e. The molecule has 0 unspecified atom stereocenters. The average Bonchev–Trinajstić information content (AvgIpc) is 2.42. The summed E-state index contributed by atoms with van der Waals surface area (Å²) in [6, 6.07) is 15.2. The third-order valence-corrected chi connectivity index (χ3v) is 3.79. The van der Waals surface area contributed by atoms with Gasteiger partial charge in [0.05, 0.1) is 15.5 Å². The number of anilines is 2. The highest BCUT2D eigenvalue weighted by molar-refractivity contribution is 9.10. The van der Waals surface area contributed by atoms with Gasteiger partial charge in [-0.1, -0.05) is 6.07 Å². The number of aromatic amines is 1. The molecule has 0 fully saturated rings. The SMILES string of the molecule is Cc1cc(Nc2ccc(O)cc2)c2cccc(Br)c2[nH+]1. The van der Waals surface area contributed by atoms with Gasteiger partial charge in [-0.3, -0.25) is 0 Å². The van der Waals surface area contributed by atoms with Crippen molar-refractivity contribution in [1.82, 2.24) is 0 Å². The summed E-state index contributed by atoms with van der Waals surface area (Å²) in [5, 5.41) is 13.8. The van der Waals surface area contributed by atoms with Gasteiger partial charge in [0.1, 0.15) is 5.75 Å². The van der Waals surface area contributed by atoms with Crippen LogP contribution in [0.2, 0.25) is 0 Å². The highest BCUT2D eigenvalue weighted by Crippen LogP contribution is 2.29. The van der Waals surface area contributed by atoms with Gasteiger partial charge in [0, 0.05) is 18.7 Å². The van der Waals surface area contributed by atoms with E-state index < -0.39 is 0 Å². The Bertz CT molecular complexity index is 769. The first-order chi connectivity index (χ1) is 9.63. The Morgan fingerprint density at radius 1 is 1.10 bits per heavy atom. The van der Waals surface area contributed by atoms with Crippen LogP contribution in [0.5, 0.6) is 5.75 Å². The Kier molecular flexibility index (Phi) is 3.32. The molecule has 0 bridgehead atoms. The second-order valence-electron chi connectivity index (χ2n) is 4.70. The Labute approximate surface area is 125 Å². The molecule has 0 aliphatic carbocycles. The van der Waals surface area contributed by atoms with Gasteiger partial charge >= 0.3 is 0 Å². The van der Waals surface area contributed by atoms with Crippen molar-refractivity contribution in [2.24, 2.45) is 0 Å². The molecule has 4 heteroatoms. The van der Waals surface area contributed by atoms with E-state index in [1.54, 1.807) is 12.1 Å². The van der Waals surface area contributed by atoms with Crippen LogP contribution >= 0.6 is 15.9 Å². The normalized spacial score (nSPS) is 10.7. The summed E-state index contributed by atoms with van der Waals surface area (Å²) in [7, 11) is 0. The van der Waals surface area contributed by atoms with E-state index in [2.05, 4.69) is 38.4 Å². The predicted octanol–water partition coefficient (Wildman–Crippen LogP) is 4.17. The van der Waals surface area contributed by atoms with Crippen molar-refractivity contribution >= 4 is 38.2 Å². The number of phenolic OH excluding ortho intramolecular Hbond substituents is 1. The molecule has 3 nitrogen and oxygen atoms in total. The number of aromatic nitrogens is 1. The number of fused-ring (bicyclic) bond motifs is 1. The summed E-state index contributed by atoms with van der Waals surface area (Å²) in [5.41, 5.74) is 4.11. The van der Waals surface area contributed by atoms with Crippen molar-refractivity contribution in [3.63, 3.8) is 0 Å². The quantitative estimate of drug-likeness (QED) is 0.693. The van der Waals surface area contributed by atoms with Gasteiger partial charge in [-0.15, -0.1) is 0 Å². The molecule has 20 heavy (non-hydrogen) atoms. The van der Waals surface area contributed by atoms with Crippen molar-refractivity contribution in [3.05, 3.63) is 58.7 Å². The molecule has 0 amide bonds. The van der Waals surface area contributed by atoms with E-state index in [1.807, 2.05) is 31.2 Å². The number of para-hydroxylation sites is 1. The van der Waals surface area contributed by atoms with Crippen molar-refractivity contribution in [3.8, 4) is 5.75 Å². The van der Waals surface area contributed by atoms with E-state index in [9.17, 15) is 5.11 Å². The van der Waals surface area contributed by atoms with E-state index in [-0.39, 0.29) is 5.75 Å². The highest BCUT2D eigenvalue weighted by Gasteiger charge is 2.12. The lowest BCUT2D eigenvalue weighted by Gasteiger charge is -2.09. The number of aryl methyl sites for hydroxylation is 1. The van der Waals surface area contributed by atoms with Gasteiger partial charge in [0.15, 0.2) is 5.69 Å². The minimum atomic E-state index is 0.265. The van der Waals surface area contributed by atoms with Crippen molar-refractivity contribution in [1.29, 1.82) is 0 Å². The monoisotopic (exact) mass is 329 g/mol. The zero-order chi connectivity index (χ0) is 14.1. The lowest BCUT2D eigenvalue weighted by Crippen LogP contribution is -2.10. The number of hydrogen-bond donors (Lipinski definition) is 2. The molecule has 0 aliphatic rings. The number of hydrogen-bond acceptors (Lipinski definition) is 2. The fourth-order valence-corrected chi connectivity index (χ4v) is 2.67. The third-order valence-electron chi connectivity index (χ3n) is 3.13. The average molecular weight is 330 g/mol. The van der Waals surface area contributed by atoms with Crippen LogP contribution in [0.15, 0.2) is 53.0 Å². The number of nitrogens with one attached hydrogen (secondary N) is 2. The molecule has 100 valence electrons. The molecular formula is C16H14BrN2O+. The summed E-state index contributed by atoms with van der Waals surface area (Å²) < 4.78 is 1.03. The Morgan fingerprint density at radius 3 is 2.60 bits per heavy atom. The third kappa shape index (κ3) is 2.47. The molecule has 0 aliphatic heterocycles. The van der Waals surface area contributed by atoms with Gasteiger partial charge in [-0.25, -0.2) is 4.98 Å². The summed E-state index contributed by atoms with van der Waals surface area (Å²) in [6.07, 6.45) is 0. The van der Waals surface area contributed by atoms with E-state index in [0.717, 1.165) is 32.4 Å². The molecule has 1 aromatic heterocycles. The number of phenols is 1. The van der Waals surface area contributed by atoms with Crippen LogP contribution in [0, 0.1) is 6.92 Å². The zero-order valence-electron chi connectivity index (χ0n) is 10.9. The van der Waals surface area contributed by atoms with Crippen molar-refractivity contribution in [2.45, 2.75) is 6.92 Å². The number of H-pyrrole nitrogens is 1. The maximum absolute atomic E-state index is 9.34. The van der Waals surface area contributed by atoms with Gasteiger partial charge in [0.2, 0.25) is 5.52 Å². The van der Waals surface area contributed by atoms with Crippen LogP contribution in [0.25, 0.3) is 10.9 Å². The molecule has 1 heterocycles. The number of pyridine rings is 1. The zero-order valence-corrected chi connectivity index (χ0v) is 12.5. The molecule has 0 atom stereocenters. The second kappa shape index (κ2) is 5.13. The number of aromatic hydroxyl groups is 1. The summed E-state index contributed by atoms with van der Waals surface area (Å²) in [5.74, 6) is 0.265. The lowest BCUT2D eigenvalue weighted by atomic mass is 10.1. The minimum absolute atomic E-state index is 0.265. The molecule has 0 radical (unpaired) electrons. The predicted molar refractivity (Wildman–Crippen MR) is 84.3 cm³/mol. The molecule has 3 rings (SSSR count). The number of halogens is 1. The summed E-state index contributed by atoms with van der Waals surface area (Å²) in [4.78, 5) is 3.37. The first-order valence-electron chi connectivity index (χ1n) is 6.31. The topological polar surface area (TPSA) is 46.4 Å². The second-order valence-corrected chi connectivity index (χ2v) is 5.55. The molecule has 0 saturated carbocycles. The number of rotatable bonds is 2. The number of benzene rings is 2. The highest BCUT2D eigenvalue weighted by atomic mass is 79.9. The molecule has 3 N–H and O–H groups in total. The van der Waals surface area contributed by atoms with Gasteiger partial charge in [-0.2, -0.15) is 0 Å². The summed E-state index contributed by atoms with van der Waals surface area (Å²) >= 11 is 3.57. The van der Waals surface area contributed by atoms with Crippen molar-refractivity contribution in [2.75, 3.05) is 5.32 Å². The molecule has 3 aromatic rings. The lowest BCUT2D eigenvalue weighted by molar-refractivity contribution is -0.355. The van der Waals surface area contributed by atoms with Crippen LogP contribution in [-0.2, 0) is 0 Å². The standard InChI is InChI=1S/C16H13BrN2O/c1-10-9-15(19-11-5-7-12(20)8-6-11)13-3-2-4-14(17)16(13)18-10/h2-9,20H,1H3,(H,18,19)/p+1. The maximum Gasteiger partial charge on any atom is 0.227 e. The first kappa shape index (κ1) is 12.9. The summed E-state index contributed by atoms with van der Waals surface area (Å²) in [6.45, 7) is 2.03. The van der Waals surface area contributed by atoms with E-state index in [4.69, 9.17) is 0 Å². The van der Waals surface area contributed by atoms with Crippen LogP contribution in [-0.4, -0.2) is 5.11 Å². The fraction of sp³-hybridized carbons (Fsp3) is 0.0625.